The van der Waals surface area contributed by atoms with E-state index >= 15 is 0 Å². The number of aromatic nitrogens is 3. The number of hydrogen-bond donors (Lipinski definition) is 1. The number of ether oxygens (including phenoxy) is 1. The number of rotatable bonds is 3. The van der Waals surface area contributed by atoms with Gasteiger partial charge in [0, 0.05) is 44.4 Å². The largest absolute Gasteiger partial charge is 0.481 e. The highest BCUT2D eigenvalue weighted by Crippen LogP contribution is 2.43. The van der Waals surface area contributed by atoms with E-state index in [0.29, 0.717) is 36.8 Å². The zero-order valence-corrected chi connectivity index (χ0v) is 15.5. The summed E-state index contributed by atoms with van der Waals surface area (Å²) in [5.41, 5.74) is 0.637. The van der Waals surface area contributed by atoms with Gasteiger partial charge in [-0.25, -0.2) is 4.98 Å². The van der Waals surface area contributed by atoms with Gasteiger partial charge < -0.3 is 14.7 Å². The smallest absolute Gasteiger partial charge is 0.311 e. The van der Waals surface area contributed by atoms with Gasteiger partial charge >= 0.3 is 5.97 Å². The number of carboxylic acids is 1. The van der Waals surface area contributed by atoms with Crippen molar-refractivity contribution in [3.63, 3.8) is 0 Å². The predicted octanol–water partition coefficient (Wildman–Crippen LogP) is 1.42. The molecule has 8 nitrogen and oxygen atoms in total. The number of likely N-dealkylation sites (tertiary alicyclic amines) is 1. The lowest BCUT2D eigenvalue weighted by Gasteiger charge is -2.33. The molecule has 0 unspecified atom stereocenters. The van der Waals surface area contributed by atoms with Crippen molar-refractivity contribution in [2.45, 2.75) is 13.3 Å². The van der Waals surface area contributed by atoms with Crippen LogP contribution in [0.4, 0.5) is 0 Å². The van der Waals surface area contributed by atoms with Gasteiger partial charge in [0.05, 0.1) is 23.9 Å². The Labute approximate surface area is 154 Å². The average molecular weight is 376 g/mol. The number of fused-ring (bicyclic) bond motifs is 1. The van der Waals surface area contributed by atoms with Gasteiger partial charge in [-0.05, 0) is 13.3 Å². The Balaban J connectivity index is 1.61. The number of amides is 1. The fourth-order valence-corrected chi connectivity index (χ4v) is 4.86. The summed E-state index contributed by atoms with van der Waals surface area (Å²) in [6.07, 6.45) is 4.01. The molecule has 9 heteroatoms. The van der Waals surface area contributed by atoms with Crippen molar-refractivity contribution in [2.24, 2.45) is 18.4 Å². The minimum Gasteiger partial charge on any atom is -0.481 e. The molecule has 2 aliphatic heterocycles. The molecule has 2 fully saturated rings. The molecular weight excluding hydrogens is 356 g/mol. The third-order valence-corrected chi connectivity index (χ3v) is 6.56. The summed E-state index contributed by atoms with van der Waals surface area (Å²) in [5.74, 6) is -1.15. The van der Waals surface area contributed by atoms with Gasteiger partial charge in [-0.2, -0.15) is 5.10 Å². The molecule has 1 N–H and O–H groups in total. The highest BCUT2D eigenvalue weighted by atomic mass is 32.1. The standard InChI is InChI=1S/C17H20N4O4S/c1-10-13(26-14(19-10)11-5-18-20(2)6-11)15(22)21-7-12-8-25-4-3-17(12,9-21)16(23)24/h5-6,12H,3-4,7-9H2,1-2H3,(H,23,24)/t12-,17+/m0/s1. The van der Waals surface area contributed by atoms with Gasteiger partial charge in [0.1, 0.15) is 9.88 Å². The molecule has 2 atom stereocenters. The summed E-state index contributed by atoms with van der Waals surface area (Å²) in [5, 5.41) is 14.6. The lowest BCUT2D eigenvalue weighted by atomic mass is 9.74. The average Bonchev–Trinajstić information content (AvgIpc) is 3.30. The highest BCUT2D eigenvalue weighted by Gasteiger charge is 2.55. The van der Waals surface area contributed by atoms with E-state index in [4.69, 9.17) is 4.74 Å². The molecule has 1 amide bonds. The third kappa shape index (κ3) is 2.62. The highest BCUT2D eigenvalue weighted by molar-refractivity contribution is 7.17. The van der Waals surface area contributed by atoms with Gasteiger partial charge in [-0.15, -0.1) is 11.3 Å². The monoisotopic (exact) mass is 376 g/mol. The van der Waals surface area contributed by atoms with Gasteiger partial charge in [0.25, 0.3) is 5.91 Å². The summed E-state index contributed by atoms with van der Waals surface area (Å²) in [7, 11) is 1.83. The lowest BCUT2D eigenvalue weighted by molar-refractivity contribution is -0.157. The molecular formula is C17H20N4O4S. The molecule has 0 aliphatic carbocycles. The van der Waals surface area contributed by atoms with E-state index in [2.05, 4.69) is 10.1 Å². The molecule has 0 aromatic carbocycles. The first kappa shape index (κ1) is 17.2. The maximum Gasteiger partial charge on any atom is 0.311 e. The number of carbonyl (C=O) groups excluding carboxylic acids is 1. The summed E-state index contributed by atoms with van der Waals surface area (Å²) in [4.78, 5) is 31.7. The first-order valence-corrected chi connectivity index (χ1v) is 9.29. The van der Waals surface area contributed by atoms with Crippen LogP contribution in [-0.2, 0) is 16.6 Å². The van der Waals surface area contributed by atoms with Gasteiger partial charge in [-0.3, -0.25) is 14.3 Å². The molecule has 2 aromatic heterocycles. The van der Waals surface area contributed by atoms with E-state index in [1.54, 1.807) is 15.8 Å². The van der Waals surface area contributed by atoms with E-state index in [-0.39, 0.29) is 18.4 Å². The van der Waals surface area contributed by atoms with Gasteiger partial charge in [0.15, 0.2) is 0 Å². The fourth-order valence-electron chi connectivity index (χ4n) is 3.85. The molecule has 0 saturated carbocycles. The fraction of sp³-hybridized carbons (Fsp3) is 0.529. The zero-order chi connectivity index (χ0) is 18.5. The second-order valence-corrected chi connectivity index (χ2v) is 8.00. The molecule has 4 heterocycles. The molecule has 2 aliphatic rings. The first-order chi connectivity index (χ1) is 12.4. The number of thiazole rings is 1. The van der Waals surface area contributed by atoms with E-state index in [9.17, 15) is 14.7 Å². The van der Waals surface area contributed by atoms with Gasteiger partial charge in [0.2, 0.25) is 0 Å². The van der Waals surface area contributed by atoms with Crippen molar-refractivity contribution >= 4 is 23.2 Å². The van der Waals surface area contributed by atoms with Crippen LogP contribution in [0.5, 0.6) is 0 Å². The number of aryl methyl sites for hydroxylation is 2. The Morgan fingerprint density at radius 3 is 2.92 bits per heavy atom. The topological polar surface area (TPSA) is 97.5 Å². The second kappa shape index (κ2) is 6.17. The summed E-state index contributed by atoms with van der Waals surface area (Å²) < 4.78 is 7.15. The van der Waals surface area contributed by atoms with Crippen LogP contribution in [-0.4, -0.2) is 63.0 Å². The minimum absolute atomic E-state index is 0.148. The molecule has 0 bridgehead atoms. The number of hydrogen-bond acceptors (Lipinski definition) is 6. The minimum atomic E-state index is -0.890. The Morgan fingerprint density at radius 2 is 2.27 bits per heavy atom. The Bertz CT molecular complexity index is 876. The van der Waals surface area contributed by atoms with Crippen molar-refractivity contribution in [1.29, 1.82) is 0 Å². The lowest BCUT2D eigenvalue weighted by Crippen LogP contribution is -2.45. The second-order valence-electron chi connectivity index (χ2n) is 7.01. The van der Waals surface area contributed by atoms with Crippen LogP contribution in [0.1, 0.15) is 21.8 Å². The molecule has 4 rings (SSSR count). The van der Waals surface area contributed by atoms with E-state index in [1.807, 2.05) is 20.2 Å². The van der Waals surface area contributed by atoms with E-state index in [0.717, 1.165) is 10.6 Å². The molecule has 26 heavy (non-hydrogen) atoms. The van der Waals surface area contributed by atoms with E-state index < -0.39 is 11.4 Å². The Kier molecular flexibility index (Phi) is 4.07. The molecule has 2 saturated heterocycles. The van der Waals surface area contributed by atoms with Crippen LogP contribution in [0.2, 0.25) is 0 Å². The Hall–Kier alpha value is -2.26. The molecule has 0 spiro atoms. The van der Waals surface area contributed by atoms with Gasteiger partial charge in [-0.1, -0.05) is 0 Å². The van der Waals surface area contributed by atoms with Crippen LogP contribution >= 0.6 is 11.3 Å². The van der Waals surface area contributed by atoms with Crippen LogP contribution in [0, 0.1) is 18.3 Å². The third-order valence-electron chi connectivity index (χ3n) is 5.36. The summed E-state index contributed by atoms with van der Waals surface area (Å²) >= 11 is 1.33. The maximum atomic E-state index is 13.1. The molecule has 0 radical (unpaired) electrons. The normalized spacial score (nSPS) is 25.3. The predicted molar refractivity (Wildman–Crippen MR) is 94.0 cm³/mol. The first-order valence-electron chi connectivity index (χ1n) is 8.47. The van der Waals surface area contributed by atoms with Crippen LogP contribution in [0.25, 0.3) is 10.6 Å². The van der Waals surface area contributed by atoms with Crippen LogP contribution < -0.4 is 0 Å². The van der Waals surface area contributed by atoms with Crippen molar-refractivity contribution in [3.05, 3.63) is 23.0 Å². The summed E-state index contributed by atoms with van der Waals surface area (Å²) in [6, 6.07) is 0. The number of carboxylic acid groups (broad SMARTS) is 1. The van der Waals surface area contributed by atoms with Crippen molar-refractivity contribution < 1.29 is 19.4 Å². The zero-order valence-electron chi connectivity index (χ0n) is 14.6. The van der Waals surface area contributed by atoms with Crippen molar-refractivity contribution in [1.82, 2.24) is 19.7 Å². The number of aliphatic carboxylic acids is 1. The summed E-state index contributed by atoms with van der Waals surface area (Å²) in [6.45, 7) is 3.26. The van der Waals surface area contributed by atoms with Crippen LogP contribution in [0.3, 0.4) is 0 Å². The van der Waals surface area contributed by atoms with Crippen molar-refractivity contribution in [2.75, 3.05) is 26.3 Å². The number of nitrogens with zero attached hydrogens (tertiary/aromatic N) is 4. The Morgan fingerprint density at radius 1 is 1.46 bits per heavy atom. The quantitative estimate of drug-likeness (QED) is 0.870. The van der Waals surface area contributed by atoms with Crippen LogP contribution in [0.15, 0.2) is 12.4 Å². The number of carbonyl (C=O) groups is 2. The van der Waals surface area contributed by atoms with E-state index in [1.165, 1.54) is 11.3 Å². The maximum absolute atomic E-state index is 13.1. The molecule has 2 aromatic rings. The SMILES string of the molecule is Cc1nc(-c2cnn(C)c2)sc1C(=O)N1C[C@H]2COCC[C@@]2(C(=O)O)C1. The van der Waals surface area contributed by atoms with Crippen molar-refractivity contribution in [3.8, 4) is 10.6 Å². The molecule has 138 valence electrons.